The van der Waals surface area contributed by atoms with E-state index < -0.39 is 26.8 Å². The molecule has 1 rings (SSSR count). The maximum Gasteiger partial charge on any atom is 0.172 e. The van der Waals surface area contributed by atoms with Gasteiger partial charge in [-0.15, -0.1) is 0 Å². The lowest BCUT2D eigenvalue weighted by molar-refractivity contribution is -0.118. The van der Waals surface area contributed by atoms with Crippen molar-refractivity contribution < 1.29 is 13.2 Å². The topological polar surface area (TPSA) is 75.0 Å². The fourth-order valence-corrected chi connectivity index (χ4v) is 2.68. The van der Waals surface area contributed by atoms with E-state index in [9.17, 15) is 13.2 Å². The van der Waals surface area contributed by atoms with E-state index in [4.69, 9.17) is 28.5 Å². The fraction of sp³-hybridized carbons (Fsp3) is 0.333. The number of ketones is 1. The first kappa shape index (κ1) is 16.0. The van der Waals surface area contributed by atoms with Crippen molar-refractivity contribution in [3.8, 4) is 6.07 Å². The van der Waals surface area contributed by atoms with Crippen LogP contribution in [0.1, 0.15) is 18.4 Å². The smallest absolute Gasteiger partial charge is 0.172 e. The molecule has 7 heteroatoms. The third-order valence-electron chi connectivity index (χ3n) is 2.74. The zero-order valence-corrected chi connectivity index (χ0v) is 12.6. The maximum atomic E-state index is 12.1. The third kappa shape index (κ3) is 3.47. The van der Waals surface area contributed by atoms with Crippen LogP contribution in [0.25, 0.3) is 0 Å². The van der Waals surface area contributed by atoms with Crippen LogP contribution in [0.4, 0.5) is 0 Å². The summed E-state index contributed by atoms with van der Waals surface area (Å²) in [6.45, 7) is 1.24. The summed E-state index contributed by atoms with van der Waals surface area (Å²) in [6, 6.07) is 6.33. The average molecular weight is 320 g/mol. The quantitative estimate of drug-likeness (QED) is 0.854. The van der Waals surface area contributed by atoms with Gasteiger partial charge in [0.1, 0.15) is 11.2 Å². The zero-order chi connectivity index (χ0) is 14.8. The van der Waals surface area contributed by atoms with Gasteiger partial charge in [0.15, 0.2) is 15.6 Å². The van der Waals surface area contributed by atoms with Crippen molar-refractivity contribution in [2.24, 2.45) is 0 Å². The van der Waals surface area contributed by atoms with Crippen LogP contribution in [0.3, 0.4) is 0 Å². The molecule has 0 aliphatic rings. The van der Waals surface area contributed by atoms with Crippen LogP contribution in [0.15, 0.2) is 18.2 Å². The van der Waals surface area contributed by atoms with Gasteiger partial charge in [0.25, 0.3) is 0 Å². The molecular weight excluding hydrogens is 309 g/mol. The second-order valence-corrected chi connectivity index (χ2v) is 7.25. The molecule has 1 aromatic carbocycles. The van der Waals surface area contributed by atoms with E-state index in [1.807, 2.05) is 0 Å². The molecule has 0 saturated carbocycles. The first-order chi connectivity index (χ1) is 8.70. The molecule has 0 aliphatic heterocycles. The number of carbonyl (C=O) groups excluding carboxylic acids is 1. The molecule has 0 aliphatic carbocycles. The van der Waals surface area contributed by atoms with E-state index in [1.165, 1.54) is 19.1 Å². The van der Waals surface area contributed by atoms with E-state index in [-0.39, 0.29) is 15.6 Å². The molecule has 4 nitrogen and oxygen atoms in total. The molecule has 0 bridgehead atoms. The number of hydrogen-bond acceptors (Lipinski definition) is 4. The van der Waals surface area contributed by atoms with E-state index in [0.29, 0.717) is 0 Å². The number of benzene rings is 1. The molecule has 1 aromatic rings. The first-order valence-electron chi connectivity index (χ1n) is 5.26. The largest absolute Gasteiger partial charge is 0.296 e. The van der Waals surface area contributed by atoms with Crippen LogP contribution in [0, 0.1) is 11.3 Å². The van der Waals surface area contributed by atoms with Gasteiger partial charge in [-0.1, -0.05) is 29.3 Å². The Labute approximate surface area is 121 Å². The summed E-state index contributed by atoms with van der Waals surface area (Å²) in [4.78, 5) is 12.1. The highest BCUT2D eigenvalue weighted by Crippen LogP contribution is 2.33. The molecule has 0 aromatic heterocycles. The number of halogens is 2. The summed E-state index contributed by atoms with van der Waals surface area (Å²) >= 11 is 11.9. The lowest BCUT2D eigenvalue weighted by Gasteiger charge is -2.15. The second-order valence-electron chi connectivity index (χ2n) is 4.07. The molecule has 0 fully saturated rings. The first-order valence-corrected chi connectivity index (χ1v) is 7.97. The number of carbonyl (C=O) groups is 1. The van der Waals surface area contributed by atoms with Crippen molar-refractivity contribution in [1.29, 1.82) is 5.26 Å². The van der Waals surface area contributed by atoms with Crippen molar-refractivity contribution in [2.45, 2.75) is 18.1 Å². The van der Waals surface area contributed by atoms with Crippen molar-refractivity contribution in [3.63, 3.8) is 0 Å². The third-order valence-corrected chi connectivity index (χ3v) is 4.92. The molecule has 19 heavy (non-hydrogen) atoms. The normalized spacial score (nSPS) is 14.5. The summed E-state index contributed by atoms with van der Waals surface area (Å²) in [7, 11) is -3.58. The van der Waals surface area contributed by atoms with E-state index in [0.717, 1.165) is 6.26 Å². The lowest BCUT2D eigenvalue weighted by atomic mass is 9.94. The summed E-state index contributed by atoms with van der Waals surface area (Å²) in [6.07, 6.45) is 0.943. The molecule has 0 heterocycles. The van der Waals surface area contributed by atoms with Crippen molar-refractivity contribution in [1.82, 2.24) is 0 Å². The molecule has 0 spiro atoms. The maximum absolute atomic E-state index is 12.1. The Balaban J connectivity index is 3.31. The summed E-state index contributed by atoms with van der Waals surface area (Å²) in [5, 5.41) is 8.16. The SMILES string of the molecule is CC(C(=O)C(C#N)c1c(Cl)cccc1Cl)S(C)(=O)=O. The molecule has 0 amide bonds. The highest BCUT2D eigenvalue weighted by molar-refractivity contribution is 7.92. The van der Waals surface area contributed by atoms with Crippen LogP contribution in [0.5, 0.6) is 0 Å². The minimum Gasteiger partial charge on any atom is -0.296 e. The van der Waals surface area contributed by atoms with Crippen molar-refractivity contribution in [3.05, 3.63) is 33.8 Å². The predicted octanol–water partition coefficient (Wildman–Crippen LogP) is 2.60. The Morgan fingerprint density at radius 3 is 2.16 bits per heavy atom. The van der Waals surface area contributed by atoms with E-state index in [1.54, 1.807) is 12.1 Å². The number of Topliss-reactive ketones (excluding diaryl/α,β-unsaturated/α-hetero) is 1. The Morgan fingerprint density at radius 2 is 1.79 bits per heavy atom. The number of nitrogens with zero attached hydrogens (tertiary/aromatic N) is 1. The number of nitriles is 1. The molecule has 2 atom stereocenters. The van der Waals surface area contributed by atoms with Crippen LogP contribution in [-0.4, -0.2) is 25.7 Å². The van der Waals surface area contributed by atoms with Gasteiger partial charge in [0.05, 0.1) is 6.07 Å². The summed E-state index contributed by atoms with van der Waals surface area (Å²) in [5.41, 5.74) is 0.147. The van der Waals surface area contributed by atoms with Crippen molar-refractivity contribution >= 4 is 38.8 Å². The number of rotatable bonds is 4. The molecule has 0 saturated heterocycles. The van der Waals surface area contributed by atoms with Crippen LogP contribution < -0.4 is 0 Å². The Hall–Kier alpha value is -1.09. The number of hydrogen-bond donors (Lipinski definition) is 0. The monoisotopic (exact) mass is 319 g/mol. The van der Waals surface area contributed by atoms with Gasteiger partial charge in [-0.25, -0.2) is 8.42 Å². The second kappa shape index (κ2) is 5.91. The summed E-state index contributed by atoms with van der Waals surface area (Å²) < 4.78 is 22.8. The van der Waals surface area contributed by atoms with Gasteiger partial charge in [-0.2, -0.15) is 5.26 Å². The minimum atomic E-state index is -3.58. The van der Waals surface area contributed by atoms with E-state index in [2.05, 4.69) is 0 Å². The van der Waals surface area contributed by atoms with Crippen molar-refractivity contribution in [2.75, 3.05) is 6.26 Å². The van der Waals surface area contributed by atoms with Crippen LogP contribution >= 0.6 is 23.2 Å². The average Bonchev–Trinajstić information content (AvgIpc) is 2.31. The fourth-order valence-electron chi connectivity index (χ4n) is 1.50. The van der Waals surface area contributed by atoms with Gasteiger partial charge in [0.2, 0.25) is 0 Å². The van der Waals surface area contributed by atoms with Gasteiger partial charge in [-0.3, -0.25) is 4.79 Å². The highest BCUT2D eigenvalue weighted by Gasteiger charge is 2.33. The highest BCUT2D eigenvalue weighted by atomic mass is 35.5. The van der Waals surface area contributed by atoms with Gasteiger partial charge >= 0.3 is 0 Å². The standard InChI is InChI=1S/C12H11Cl2NO3S/c1-7(19(2,17)18)12(16)8(6-15)11-9(13)4-3-5-10(11)14/h3-5,7-8H,1-2H3. The molecule has 0 radical (unpaired) electrons. The van der Waals surface area contributed by atoms with Crippen LogP contribution in [-0.2, 0) is 14.6 Å². The predicted molar refractivity (Wildman–Crippen MR) is 74.1 cm³/mol. The number of sulfone groups is 1. The molecular formula is C12H11Cl2NO3S. The van der Waals surface area contributed by atoms with E-state index >= 15 is 0 Å². The molecule has 102 valence electrons. The van der Waals surface area contributed by atoms with Crippen LogP contribution in [0.2, 0.25) is 10.0 Å². The molecule has 2 unspecified atom stereocenters. The lowest BCUT2D eigenvalue weighted by Crippen LogP contribution is -2.30. The van der Waals surface area contributed by atoms with Gasteiger partial charge in [0, 0.05) is 21.9 Å². The Bertz CT molecular complexity index is 629. The Kier molecular flexibility index (Phi) is 4.97. The van der Waals surface area contributed by atoms with Gasteiger partial charge < -0.3 is 0 Å². The molecule has 0 N–H and O–H groups in total. The minimum absolute atomic E-state index is 0.147. The van der Waals surface area contributed by atoms with Gasteiger partial charge in [-0.05, 0) is 19.1 Å². The summed E-state index contributed by atoms with van der Waals surface area (Å²) in [5.74, 6) is -2.04. The zero-order valence-electron chi connectivity index (χ0n) is 10.2. The Morgan fingerprint density at radius 1 is 1.32 bits per heavy atom.